The highest BCUT2D eigenvalue weighted by molar-refractivity contribution is 6.88. The Labute approximate surface area is 382 Å². The van der Waals surface area contributed by atoms with E-state index in [4.69, 9.17) is 8.83 Å². The molecule has 0 unspecified atom stereocenters. The summed E-state index contributed by atoms with van der Waals surface area (Å²) in [6, 6.07) is 54.0. The number of hydrogen-bond acceptors (Lipinski definition) is 4. The van der Waals surface area contributed by atoms with Gasteiger partial charge in [0.25, 0.3) is 0 Å². The molecule has 11 rings (SSSR count). The van der Waals surface area contributed by atoms with Gasteiger partial charge in [0.1, 0.15) is 22.3 Å². The molecule has 65 heavy (non-hydrogen) atoms. The van der Waals surface area contributed by atoms with Crippen LogP contribution < -0.4 is 15.0 Å². The molecule has 0 spiro atoms. The highest BCUT2D eigenvalue weighted by Crippen LogP contribution is 2.44. The predicted molar refractivity (Wildman–Crippen MR) is 282 cm³/mol. The molecule has 0 bridgehead atoms. The second kappa shape index (κ2) is 15.0. The van der Waals surface area contributed by atoms with E-state index < -0.39 is 8.07 Å². The van der Waals surface area contributed by atoms with Crippen molar-refractivity contribution in [3.63, 3.8) is 0 Å². The molecule has 0 radical (unpaired) electrons. The Balaban J connectivity index is 0.998. The average molecular weight is 863 g/mol. The van der Waals surface area contributed by atoms with Gasteiger partial charge in [-0.3, -0.25) is 0 Å². The van der Waals surface area contributed by atoms with Gasteiger partial charge in [-0.15, -0.1) is 0 Å². The maximum absolute atomic E-state index is 6.80. The zero-order valence-corrected chi connectivity index (χ0v) is 40.1. The largest absolute Gasteiger partial charge is 0.455 e. The third-order valence-electron chi connectivity index (χ3n) is 14.1. The van der Waals surface area contributed by atoms with E-state index in [1.807, 2.05) is 0 Å². The smallest absolute Gasteiger partial charge is 0.143 e. The maximum Gasteiger partial charge on any atom is 0.143 e. The minimum absolute atomic E-state index is 0.820. The average Bonchev–Trinajstić information content (AvgIpc) is 3.84. The first kappa shape index (κ1) is 40.7. The lowest BCUT2D eigenvalue weighted by atomic mass is 10.0. The zero-order chi connectivity index (χ0) is 45.1. The normalized spacial score (nSPS) is 12.2. The molecule has 11 aromatic rings. The fourth-order valence-electron chi connectivity index (χ4n) is 9.85. The van der Waals surface area contributed by atoms with Crippen LogP contribution in [0.15, 0.2) is 154 Å². The number of aryl methyl sites for hydroxylation is 5. The van der Waals surface area contributed by atoms with E-state index >= 15 is 0 Å². The number of hydrogen-bond donors (Lipinski definition) is 0. The molecule has 0 saturated carbocycles. The van der Waals surface area contributed by atoms with Gasteiger partial charge in [0.2, 0.25) is 0 Å². The topological polar surface area (TPSA) is 32.8 Å². The Morgan fingerprint density at radius 2 is 0.723 bits per heavy atom. The van der Waals surface area contributed by atoms with E-state index in [0.717, 1.165) is 99.5 Å². The SMILES string of the molecule is Cc1ccc(N(c2cc(C)c(C)c(C)c2)c2ccc3c(ccc4c5cc6c(cc5oc34)oc3c4ccc(N(c5ccc([Si](C)(C)C)cc5)c5cc(C)c(C)c(C)c5)cc4ccc63)c2)cc1. The minimum Gasteiger partial charge on any atom is -0.455 e. The van der Waals surface area contributed by atoms with Crippen LogP contribution in [0.25, 0.3) is 65.4 Å². The highest BCUT2D eigenvalue weighted by atomic mass is 28.3. The zero-order valence-electron chi connectivity index (χ0n) is 39.1. The van der Waals surface area contributed by atoms with Crippen LogP contribution >= 0.6 is 0 Å². The summed E-state index contributed by atoms with van der Waals surface area (Å²) in [5, 5.41) is 10.3. The fraction of sp³-hybridized carbons (Fsp3) is 0.167. The molecular weight excluding hydrogens is 809 g/mol. The minimum atomic E-state index is -1.46. The third kappa shape index (κ3) is 6.80. The van der Waals surface area contributed by atoms with Gasteiger partial charge in [-0.05, 0) is 196 Å². The molecule has 0 aliphatic rings. The van der Waals surface area contributed by atoms with Crippen molar-refractivity contribution in [2.75, 3.05) is 9.80 Å². The van der Waals surface area contributed by atoms with E-state index in [9.17, 15) is 0 Å². The monoisotopic (exact) mass is 862 g/mol. The Morgan fingerprint density at radius 1 is 0.338 bits per heavy atom. The van der Waals surface area contributed by atoms with Crippen LogP contribution in [0.3, 0.4) is 0 Å². The first-order chi connectivity index (χ1) is 31.2. The van der Waals surface area contributed by atoms with E-state index in [0.29, 0.717) is 0 Å². The van der Waals surface area contributed by atoms with Gasteiger partial charge in [-0.2, -0.15) is 0 Å². The van der Waals surface area contributed by atoms with Crippen molar-refractivity contribution < 1.29 is 8.83 Å². The summed E-state index contributed by atoms with van der Waals surface area (Å²) in [4.78, 5) is 4.75. The van der Waals surface area contributed by atoms with Crippen molar-refractivity contribution in [3.8, 4) is 0 Å². The highest BCUT2D eigenvalue weighted by Gasteiger charge is 2.22. The van der Waals surface area contributed by atoms with Crippen molar-refractivity contribution in [2.45, 2.75) is 68.1 Å². The maximum atomic E-state index is 6.80. The van der Waals surface area contributed by atoms with Crippen LogP contribution in [0.2, 0.25) is 19.6 Å². The molecule has 0 N–H and O–H groups in total. The van der Waals surface area contributed by atoms with Gasteiger partial charge in [0.15, 0.2) is 0 Å². The Hall–Kier alpha value is -7.08. The van der Waals surface area contributed by atoms with Crippen LogP contribution in [0, 0.1) is 48.5 Å². The molecule has 5 heteroatoms. The molecule has 0 atom stereocenters. The number of nitrogens with zero attached hydrogens (tertiary/aromatic N) is 2. The molecule has 0 amide bonds. The summed E-state index contributed by atoms with van der Waals surface area (Å²) in [6.07, 6.45) is 0. The Kier molecular flexibility index (Phi) is 9.39. The second-order valence-electron chi connectivity index (χ2n) is 19.5. The lowest BCUT2D eigenvalue weighted by Crippen LogP contribution is -2.37. The van der Waals surface area contributed by atoms with E-state index in [2.05, 4.69) is 223 Å². The number of furan rings is 2. The van der Waals surface area contributed by atoms with Gasteiger partial charge in [0, 0.05) is 72.5 Å². The first-order valence-electron chi connectivity index (χ1n) is 22.8. The van der Waals surface area contributed by atoms with Crippen LogP contribution in [0.4, 0.5) is 34.1 Å². The van der Waals surface area contributed by atoms with E-state index in [1.165, 1.54) is 44.1 Å². The molecule has 4 nitrogen and oxygen atoms in total. The first-order valence-corrected chi connectivity index (χ1v) is 26.3. The van der Waals surface area contributed by atoms with Crippen molar-refractivity contribution in [2.24, 2.45) is 0 Å². The summed E-state index contributed by atoms with van der Waals surface area (Å²) in [5.74, 6) is 0. The quantitative estimate of drug-likeness (QED) is 0.149. The summed E-state index contributed by atoms with van der Waals surface area (Å²) in [6.45, 7) is 22.6. The summed E-state index contributed by atoms with van der Waals surface area (Å²) >= 11 is 0. The van der Waals surface area contributed by atoms with Crippen LogP contribution in [-0.2, 0) is 0 Å². The molecule has 2 heterocycles. The summed E-state index contributed by atoms with van der Waals surface area (Å²) < 4.78 is 13.6. The molecule has 0 saturated heterocycles. The second-order valence-corrected chi connectivity index (χ2v) is 24.5. The Morgan fingerprint density at radius 3 is 1.14 bits per heavy atom. The third-order valence-corrected chi connectivity index (χ3v) is 16.2. The molecule has 0 fully saturated rings. The predicted octanol–water partition coefficient (Wildman–Crippen LogP) is 17.4. The van der Waals surface area contributed by atoms with Gasteiger partial charge in [0.05, 0.1) is 8.07 Å². The Bertz CT molecular complexity index is 3670. The molecule has 2 aromatic heterocycles. The van der Waals surface area contributed by atoms with E-state index in [1.54, 1.807) is 0 Å². The standard InChI is InChI=1S/C60H54N2O2Si/c1-35-11-15-44(16-12-35)61(48-27-36(2)40(6)37(3)28-48)46-19-25-51-42(31-46)13-23-53-55-33-56-54-24-14-43-32-47(20-26-52(43)60(54)64-58(56)34-57(55)63-59(51)53)62(49-29-38(4)41(7)39(5)30-49)45-17-21-50(22-18-45)65(8,9)10/h11-34H,1-10H3. The van der Waals surface area contributed by atoms with E-state index in [-0.39, 0.29) is 0 Å². The fourth-order valence-corrected chi connectivity index (χ4v) is 11.0. The lowest BCUT2D eigenvalue weighted by Gasteiger charge is -2.28. The van der Waals surface area contributed by atoms with Gasteiger partial charge in [-0.1, -0.05) is 66.8 Å². The number of rotatable bonds is 7. The van der Waals surface area contributed by atoms with Crippen molar-refractivity contribution in [3.05, 3.63) is 185 Å². The lowest BCUT2D eigenvalue weighted by molar-refractivity contribution is 0.660. The van der Waals surface area contributed by atoms with Crippen molar-refractivity contribution in [1.29, 1.82) is 0 Å². The van der Waals surface area contributed by atoms with Crippen molar-refractivity contribution in [1.82, 2.24) is 0 Å². The van der Waals surface area contributed by atoms with Crippen molar-refractivity contribution >= 4 is 113 Å². The number of fused-ring (bicyclic) bond motifs is 10. The van der Waals surface area contributed by atoms with Gasteiger partial charge < -0.3 is 18.6 Å². The summed E-state index contributed by atoms with van der Waals surface area (Å²) in [5.41, 5.74) is 19.3. The number of benzene rings is 9. The van der Waals surface area contributed by atoms with Gasteiger partial charge in [-0.25, -0.2) is 0 Å². The molecule has 320 valence electrons. The molecule has 9 aromatic carbocycles. The number of anilines is 6. The molecule has 0 aliphatic heterocycles. The van der Waals surface area contributed by atoms with Crippen LogP contribution in [-0.4, -0.2) is 8.07 Å². The molecular formula is C60H54N2O2Si. The summed E-state index contributed by atoms with van der Waals surface area (Å²) in [7, 11) is -1.46. The van der Waals surface area contributed by atoms with Gasteiger partial charge >= 0.3 is 0 Å². The van der Waals surface area contributed by atoms with Crippen LogP contribution in [0.1, 0.15) is 38.9 Å². The molecule has 0 aliphatic carbocycles. The van der Waals surface area contributed by atoms with Crippen LogP contribution in [0.5, 0.6) is 0 Å².